The van der Waals surface area contributed by atoms with E-state index in [1.54, 1.807) is 28.1 Å². The SMILES string of the molecule is C1=CCC(C2=CC=C(N3c4ccc(C5=CC6C7=C(CCCC7c7ccccc7)N(C7CC=CCC7)C6C=C5)cc4C4CCCCC43)CC2)C=C1. The van der Waals surface area contributed by atoms with Crippen molar-refractivity contribution in [1.29, 1.82) is 0 Å². The molecule has 0 N–H and O–H groups in total. The number of fused-ring (bicyclic) bond motifs is 5. The van der Waals surface area contributed by atoms with Gasteiger partial charge in [-0.2, -0.15) is 0 Å². The Balaban J connectivity index is 0.999. The standard InChI is InChI=1S/C48H52N2/c1-4-13-33(14-5-1)34-23-27-39(28-24-34)49-44-21-11-10-19-41(44)42-31-36(25-29-45(42)49)37-26-30-46-43(32-37)48-40(35-15-6-2-7-16-35)20-12-22-47(48)50(46)38-17-8-3-9-18-38/h1-8,13,15-16,23,25-27,29-33,38,40-41,43-44,46H,9-12,14,17-22,24,28H2. The van der Waals surface area contributed by atoms with Gasteiger partial charge in [-0.15, -0.1) is 0 Å². The van der Waals surface area contributed by atoms with Crippen molar-refractivity contribution in [1.82, 2.24) is 4.90 Å². The molecule has 2 heterocycles. The molecule has 1 fully saturated rings. The average molecular weight is 657 g/mol. The Morgan fingerprint density at radius 3 is 2.52 bits per heavy atom. The van der Waals surface area contributed by atoms with Gasteiger partial charge in [0.25, 0.3) is 0 Å². The Hall–Kier alpha value is -4.04. The third-order valence-corrected chi connectivity index (χ3v) is 13.7. The van der Waals surface area contributed by atoms with E-state index in [-0.39, 0.29) is 0 Å². The molecule has 2 aromatic carbocycles. The smallest absolute Gasteiger partial charge is 0.0577 e. The number of benzene rings is 2. The molecule has 254 valence electrons. The number of rotatable bonds is 5. The van der Waals surface area contributed by atoms with Crippen molar-refractivity contribution in [3.8, 4) is 0 Å². The molecule has 0 radical (unpaired) electrons. The molecule has 6 aliphatic carbocycles. The van der Waals surface area contributed by atoms with Crippen LogP contribution in [0.2, 0.25) is 0 Å². The summed E-state index contributed by atoms with van der Waals surface area (Å²) >= 11 is 0. The fourth-order valence-electron chi connectivity index (χ4n) is 11.4. The van der Waals surface area contributed by atoms with E-state index in [2.05, 4.69) is 125 Å². The van der Waals surface area contributed by atoms with E-state index in [9.17, 15) is 0 Å². The first-order valence-electron chi connectivity index (χ1n) is 20.1. The largest absolute Gasteiger partial charge is 0.364 e. The average Bonchev–Trinajstić information content (AvgIpc) is 3.71. The minimum atomic E-state index is 0.452. The number of hydrogen-bond donors (Lipinski definition) is 0. The summed E-state index contributed by atoms with van der Waals surface area (Å²) < 4.78 is 0. The Morgan fingerprint density at radius 1 is 0.740 bits per heavy atom. The molecule has 1 saturated carbocycles. The van der Waals surface area contributed by atoms with Crippen LogP contribution in [0.5, 0.6) is 0 Å². The van der Waals surface area contributed by atoms with E-state index in [1.807, 2.05) is 0 Å². The summed E-state index contributed by atoms with van der Waals surface area (Å²) in [5.74, 6) is 2.21. The summed E-state index contributed by atoms with van der Waals surface area (Å²) in [4.78, 5) is 5.71. The molecular weight excluding hydrogens is 605 g/mol. The summed E-state index contributed by atoms with van der Waals surface area (Å²) in [6.07, 6.45) is 43.1. The van der Waals surface area contributed by atoms with Crippen LogP contribution < -0.4 is 4.90 Å². The fourth-order valence-corrected chi connectivity index (χ4v) is 11.4. The first kappa shape index (κ1) is 30.8. The Labute approximate surface area is 300 Å². The van der Waals surface area contributed by atoms with Gasteiger partial charge in [0, 0.05) is 52.8 Å². The van der Waals surface area contributed by atoms with Crippen LogP contribution in [0.15, 0.2) is 138 Å². The van der Waals surface area contributed by atoms with Gasteiger partial charge >= 0.3 is 0 Å². The normalized spacial score (nSPS) is 32.6. The third kappa shape index (κ3) is 5.20. The number of hydrogen-bond acceptors (Lipinski definition) is 2. The van der Waals surface area contributed by atoms with E-state index in [0.29, 0.717) is 41.8 Å². The second-order valence-electron chi connectivity index (χ2n) is 16.3. The lowest BCUT2D eigenvalue weighted by molar-refractivity contribution is 0.198. The van der Waals surface area contributed by atoms with E-state index in [0.717, 1.165) is 12.8 Å². The predicted molar refractivity (Wildman–Crippen MR) is 209 cm³/mol. The minimum Gasteiger partial charge on any atom is -0.364 e. The van der Waals surface area contributed by atoms with Gasteiger partial charge in [-0.25, -0.2) is 0 Å². The van der Waals surface area contributed by atoms with Crippen molar-refractivity contribution < 1.29 is 0 Å². The minimum absolute atomic E-state index is 0.452. The molecule has 7 atom stereocenters. The zero-order valence-electron chi connectivity index (χ0n) is 29.6. The van der Waals surface area contributed by atoms with E-state index in [1.165, 1.54) is 93.0 Å². The van der Waals surface area contributed by atoms with Gasteiger partial charge in [-0.05, 0) is 117 Å². The molecule has 10 rings (SSSR count). The molecule has 0 saturated heterocycles. The quantitative estimate of drug-likeness (QED) is 0.296. The molecule has 0 amide bonds. The maximum atomic E-state index is 2.91. The molecule has 0 spiro atoms. The van der Waals surface area contributed by atoms with Crippen molar-refractivity contribution in [3.05, 3.63) is 155 Å². The second-order valence-corrected chi connectivity index (χ2v) is 16.3. The highest BCUT2D eigenvalue weighted by atomic mass is 15.2. The summed E-state index contributed by atoms with van der Waals surface area (Å²) in [7, 11) is 0. The van der Waals surface area contributed by atoms with E-state index < -0.39 is 0 Å². The van der Waals surface area contributed by atoms with Crippen molar-refractivity contribution in [2.75, 3.05) is 4.90 Å². The number of anilines is 1. The maximum Gasteiger partial charge on any atom is 0.0577 e. The van der Waals surface area contributed by atoms with Crippen LogP contribution in [0.4, 0.5) is 5.69 Å². The lowest BCUT2D eigenvalue weighted by Crippen LogP contribution is -2.41. The van der Waals surface area contributed by atoms with Gasteiger partial charge in [0.2, 0.25) is 0 Å². The van der Waals surface area contributed by atoms with Gasteiger partial charge in [0.15, 0.2) is 0 Å². The van der Waals surface area contributed by atoms with Gasteiger partial charge < -0.3 is 9.80 Å². The zero-order valence-corrected chi connectivity index (χ0v) is 29.6. The van der Waals surface area contributed by atoms with Crippen molar-refractivity contribution >= 4 is 11.3 Å². The van der Waals surface area contributed by atoms with Crippen LogP contribution in [0.25, 0.3) is 5.57 Å². The predicted octanol–water partition coefficient (Wildman–Crippen LogP) is 11.9. The lowest BCUT2D eigenvalue weighted by atomic mass is 9.74. The van der Waals surface area contributed by atoms with E-state index >= 15 is 0 Å². The highest BCUT2D eigenvalue weighted by Crippen LogP contribution is 2.55. The van der Waals surface area contributed by atoms with Crippen molar-refractivity contribution in [3.63, 3.8) is 0 Å². The fraction of sp³-hybridized carbons (Fsp3) is 0.417. The third-order valence-electron chi connectivity index (χ3n) is 13.7. The highest BCUT2D eigenvalue weighted by Gasteiger charge is 2.46. The maximum absolute atomic E-state index is 2.91. The van der Waals surface area contributed by atoms with Crippen LogP contribution in [0.1, 0.15) is 112 Å². The van der Waals surface area contributed by atoms with Crippen LogP contribution in [-0.2, 0) is 0 Å². The summed E-state index contributed by atoms with van der Waals surface area (Å²) in [5.41, 5.74) is 14.1. The number of allylic oxidation sites excluding steroid dienone is 12. The summed E-state index contributed by atoms with van der Waals surface area (Å²) in [6.45, 7) is 0. The molecular formula is C48H52N2. The monoisotopic (exact) mass is 656 g/mol. The van der Waals surface area contributed by atoms with E-state index in [4.69, 9.17) is 0 Å². The lowest BCUT2D eigenvalue weighted by Gasteiger charge is -2.39. The number of nitrogens with zero attached hydrogens (tertiary/aromatic N) is 2. The Morgan fingerprint density at radius 2 is 1.68 bits per heavy atom. The summed E-state index contributed by atoms with van der Waals surface area (Å²) in [6, 6.07) is 20.7. The molecule has 0 bridgehead atoms. The Kier molecular flexibility index (Phi) is 7.96. The Bertz CT molecular complexity index is 1890. The van der Waals surface area contributed by atoms with Crippen molar-refractivity contribution in [2.24, 2.45) is 11.8 Å². The molecule has 2 nitrogen and oxygen atoms in total. The highest BCUT2D eigenvalue weighted by molar-refractivity contribution is 5.80. The first-order valence-corrected chi connectivity index (χ1v) is 20.1. The second kappa shape index (κ2) is 12.9. The van der Waals surface area contributed by atoms with Crippen LogP contribution in [-0.4, -0.2) is 23.0 Å². The van der Waals surface area contributed by atoms with Gasteiger partial charge in [-0.3, -0.25) is 0 Å². The van der Waals surface area contributed by atoms with Crippen LogP contribution in [0, 0.1) is 11.8 Å². The van der Waals surface area contributed by atoms with Crippen molar-refractivity contribution in [2.45, 2.75) is 113 Å². The molecule has 7 unspecified atom stereocenters. The molecule has 2 aromatic rings. The first-order chi connectivity index (χ1) is 24.8. The molecule has 2 aliphatic heterocycles. The van der Waals surface area contributed by atoms with Gasteiger partial charge in [0.05, 0.1) is 6.04 Å². The summed E-state index contributed by atoms with van der Waals surface area (Å²) in [5, 5.41) is 0. The molecule has 2 heteroatoms. The zero-order chi connectivity index (χ0) is 33.0. The molecule has 0 aromatic heterocycles. The topological polar surface area (TPSA) is 6.48 Å². The molecule has 50 heavy (non-hydrogen) atoms. The van der Waals surface area contributed by atoms with Crippen LogP contribution in [0.3, 0.4) is 0 Å². The molecule has 8 aliphatic rings. The van der Waals surface area contributed by atoms with Gasteiger partial charge in [0.1, 0.15) is 0 Å². The van der Waals surface area contributed by atoms with Crippen LogP contribution >= 0.6 is 0 Å². The van der Waals surface area contributed by atoms with Gasteiger partial charge in [-0.1, -0.05) is 116 Å².